The van der Waals surface area contributed by atoms with Crippen molar-refractivity contribution in [1.29, 1.82) is 0 Å². The zero-order valence-corrected chi connectivity index (χ0v) is 17.7. The fourth-order valence-electron chi connectivity index (χ4n) is 3.31. The van der Waals surface area contributed by atoms with E-state index in [9.17, 15) is 4.79 Å². The van der Waals surface area contributed by atoms with Crippen LogP contribution in [-0.2, 0) is 11.3 Å². The van der Waals surface area contributed by atoms with Gasteiger partial charge in [-0.05, 0) is 35.6 Å². The first-order chi connectivity index (χ1) is 14.6. The van der Waals surface area contributed by atoms with E-state index < -0.39 is 6.10 Å². The van der Waals surface area contributed by atoms with E-state index in [4.69, 9.17) is 18.9 Å². The lowest BCUT2D eigenvalue weighted by atomic mass is 10.1. The molecular weight excluding hydrogens is 382 g/mol. The maximum atomic E-state index is 12.8. The van der Waals surface area contributed by atoms with E-state index in [1.807, 2.05) is 61.5 Å². The number of ether oxygens (including phenoxy) is 4. The molecule has 0 unspecified atom stereocenters. The predicted molar refractivity (Wildman–Crippen MR) is 117 cm³/mol. The van der Waals surface area contributed by atoms with Crippen molar-refractivity contribution in [3.05, 3.63) is 60.2 Å². The first-order valence-electron chi connectivity index (χ1n) is 9.82. The van der Waals surface area contributed by atoms with Crippen molar-refractivity contribution in [3.63, 3.8) is 0 Å². The lowest BCUT2D eigenvalue weighted by Gasteiger charge is -2.19. The van der Waals surface area contributed by atoms with E-state index in [0.717, 1.165) is 16.3 Å². The lowest BCUT2D eigenvalue weighted by molar-refractivity contribution is -0.128. The first kappa shape index (κ1) is 21.3. The van der Waals surface area contributed by atoms with Gasteiger partial charge in [0.15, 0.2) is 17.6 Å². The Balaban J connectivity index is 1.73. The van der Waals surface area contributed by atoms with E-state index in [1.54, 1.807) is 21.3 Å². The van der Waals surface area contributed by atoms with Crippen LogP contribution < -0.4 is 24.3 Å². The van der Waals surface area contributed by atoms with E-state index in [-0.39, 0.29) is 5.91 Å². The van der Waals surface area contributed by atoms with Gasteiger partial charge in [0, 0.05) is 11.9 Å². The highest BCUT2D eigenvalue weighted by Gasteiger charge is 2.20. The highest BCUT2D eigenvalue weighted by molar-refractivity contribution is 5.89. The molecular formula is C24H27NO5. The Morgan fingerprint density at radius 3 is 2.20 bits per heavy atom. The molecule has 3 aromatic rings. The standard InChI is InChI=1S/C24H27NO5/c1-5-19(30-20-12-8-10-17-9-6-7-11-18(17)20)24(26)25-15-16-13-21(27-2)23(29-4)22(14-16)28-3/h6-14,19H,5,15H2,1-4H3,(H,25,26)/t19-/m1/s1. The molecule has 0 bridgehead atoms. The molecule has 0 fully saturated rings. The minimum Gasteiger partial charge on any atom is -0.493 e. The maximum absolute atomic E-state index is 12.8. The van der Waals surface area contributed by atoms with Crippen LogP contribution in [0.5, 0.6) is 23.0 Å². The van der Waals surface area contributed by atoms with Gasteiger partial charge in [-0.25, -0.2) is 0 Å². The van der Waals surface area contributed by atoms with E-state index in [0.29, 0.717) is 36.0 Å². The van der Waals surface area contributed by atoms with Crippen LogP contribution in [0.3, 0.4) is 0 Å². The number of carbonyl (C=O) groups excluding carboxylic acids is 1. The summed E-state index contributed by atoms with van der Waals surface area (Å²) in [6.45, 7) is 2.24. The van der Waals surface area contributed by atoms with Crippen LogP contribution >= 0.6 is 0 Å². The Labute approximate surface area is 176 Å². The molecule has 0 aromatic heterocycles. The maximum Gasteiger partial charge on any atom is 0.261 e. The first-order valence-corrected chi connectivity index (χ1v) is 9.82. The summed E-state index contributed by atoms with van der Waals surface area (Å²) in [6.07, 6.45) is -0.0533. The third-order valence-electron chi connectivity index (χ3n) is 4.87. The SMILES string of the molecule is CC[C@@H](Oc1cccc2ccccc12)C(=O)NCc1cc(OC)c(OC)c(OC)c1. The van der Waals surface area contributed by atoms with Gasteiger partial charge in [0.05, 0.1) is 21.3 Å². The summed E-state index contributed by atoms with van der Waals surface area (Å²) in [7, 11) is 4.67. The fraction of sp³-hybridized carbons (Fsp3) is 0.292. The Morgan fingerprint density at radius 1 is 0.900 bits per heavy atom. The molecule has 0 aliphatic carbocycles. The molecule has 0 saturated carbocycles. The van der Waals surface area contributed by atoms with Crippen molar-refractivity contribution in [1.82, 2.24) is 5.32 Å². The largest absolute Gasteiger partial charge is 0.493 e. The van der Waals surface area contributed by atoms with Gasteiger partial charge < -0.3 is 24.3 Å². The smallest absolute Gasteiger partial charge is 0.261 e. The van der Waals surface area contributed by atoms with Gasteiger partial charge >= 0.3 is 0 Å². The molecule has 6 heteroatoms. The number of benzene rings is 3. The molecule has 0 spiro atoms. The van der Waals surface area contributed by atoms with Gasteiger partial charge in [-0.1, -0.05) is 43.3 Å². The van der Waals surface area contributed by atoms with Crippen LogP contribution in [0.4, 0.5) is 0 Å². The average Bonchev–Trinajstić information content (AvgIpc) is 2.80. The Morgan fingerprint density at radius 2 is 1.57 bits per heavy atom. The van der Waals surface area contributed by atoms with Crippen LogP contribution in [0.25, 0.3) is 10.8 Å². The number of amides is 1. The molecule has 0 saturated heterocycles. The summed E-state index contributed by atoms with van der Waals surface area (Å²) in [5.74, 6) is 2.11. The monoisotopic (exact) mass is 409 g/mol. The van der Waals surface area contributed by atoms with Crippen molar-refractivity contribution in [2.75, 3.05) is 21.3 Å². The zero-order chi connectivity index (χ0) is 21.5. The van der Waals surface area contributed by atoms with E-state index in [1.165, 1.54) is 0 Å². The number of fused-ring (bicyclic) bond motifs is 1. The fourth-order valence-corrected chi connectivity index (χ4v) is 3.31. The van der Waals surface area contributed by atoms with Crippen LogP contribution in [0.1, 0.15) is 18.9 Å². The van der Waals surface area contributed by atoms with Gasteiger partial charge in [0.2, 0.25) is 5.75 Å². The van der Waals surface area contributed by atoms with Gasteiger partial charge in [0.25, 0.3) is 5.91 Å². The van der Waals surface area contributed by atoms with E-state index >= 15 is 0 Å². The number of nitrogens with one attached hydrogen (secondary N) is 1. The van der Waals surface area contributed by atoms with Crippen LogP contribution in [0.2, 0.25) is 0 Å². The van der Waals surface area contributed by atoms with Gasteiger partial charge in [-0.2, -0.15) is 0 Å². The Bertz CT molecular complexity index is 987. The molecule has 3 rings (SSSR count). The lowest BCUT2D eigenvalue weighted by Crippen LogP contribution is -2.37. The second-order valence-corrected chi connectivity index (χ2v) is 6.74. The minimum atomic E-state index is -0.599. The average molecular weight is 409 g/mol. The normalized spacial score (nSPS) is 11.6. The van der Waals surface area contributed by atoms with Crippen molar-refractivity contribution in [2.45, 2.75) is 26.0 Å². The second-order valence-electron chi connectivity index (χ2n) is 6.74. The number of hydrogen-bond acceptors (Lipinski definition) is 5. The molecule has 0 aliphatic heterocycles. The predicted octanol–water partition coefficient (Wildman–Crippen LogP) is 4.34. The van der Waals surface area contributed by atoms with Gasteiger partial charge in [-0.3, -0.25) is 4.79 Å². The minimum absolute atomic E-state index is 0.181. The quantitative estimate of drug-likeness (QED) is 0.570. The molecule has 3 aromatic carbocycles. The third kappa shape index (κ3) is 4.59. The van der Waals surface area contributed by atoms with Gasteiger partial charge in [0.1, 0.15) is 5.75 Å². The molecule has 0 heterocycles. The summed E-state index contributed by atoms with van der Waals surface area (Å²) in [6, 6.07) is 17.4. The summed E-state index contributed by atoms with van der Waals surface area (Å²) >= 11 is 0. The van der Waals surface area contributed by atoms with Gasteiger partial charge in [-0.15, -0.1) is 0 Å². The Hall–Kier alpha value is -3.41. The van der Waals surface area contributed by atoms with Crippen molar-refractivity contribution < 1.29 is 23.7 Å². The summed E-state index contributed by atoms with van der Waals surface area (Å²) in [4.78, 5) is 12.8. The van der Waals surface area contributed by atoms with Crippen molar-refractivity contribution in [3.8, 4) is 23.0 Å². The summed E-state index contributed by atoms with van der Waals surface area (Å²) < 4.78 is 22.2. The van der Waals surface area contributed by atoms with Crippen LogP contribution in [-0.4, -0.2) is 33.3 Å². The molecule has 30 heavy (non-hydrogen) atoms. The van der Waals surface area contributed by atoms with Crippen LogP contribution in [0.15, 0.2) is 54.6 Å². The number of carbonyl (C=O) groups is 1. The Kier molecular flexibility index (Phi) is 7.01. The van der Waals surface area contributed by atoms with Crippen molar-refractivity contribution in [2.24, 2.45) is 0 Å². The molecule has 1 atom stereocenters. The molecule has 0 aliphatic rings. The van der Waals surface area contributed by atoms with E-state index in [2.05, 4.69) is 5.32 Å². The highest BCUT2D eigenvalue weighted by Crippen LogP contribution is 2.38. The number of rotatable bonds is 9. The number of hydrogen-bond donors (Lipinski definition) is 1. The number of methoxy groups -OCH3 is 3. The molecule has 1 amide bonds. The molecule has 6 nitrogen and oxygen atoms in total. The summed E-state index contributed by atoms with van der Waals surface area (Å²) in [5, 5.41) is 5.00. The van der Waals surface area contributed by atoms with Crippen molar-refractivity contribution >= 4 is 16.7 Å². The molecule has 1 N–H and O–H groups in total. The highest BCUT2D eigenvalue weighted by atomic mass is 16.5. The summed E-state index contributed by atoms with van der Waals surface area (Å²) in [5.41, 5.74) is 0.831. The molecule has 0 radical (unpaired) electrons. The topological polar surface area (TPSA) is 66.0 Å². The zero-order valence-electron chi connectivity index (χ0n) is 17.7. The molecule has 158 valence electrons. The second kappa shape index (κ2) is 9.87. The van der Waals surface area contributed by atoms with Crippen LogP contribution in [0, 0.1) is 0 Å². The third-order valence-corrected chi connectivity index (χ3v) is 4.87.